The quantitative estimate of drug-likeness (QED) is 0.197. The molecule has 0 fully saturated rings. The molecule has 3 rings (SSSR count). The van der Waals surface area contributed by atoms with E-state index >= 15 is 0 Å². The summed E-state index contributed by atoms with van der Waals surface area (Å²) in [5, 5.41) is 8.05. The predicted octanol–water partition coefficient (Wildman–Crippen LogP) is 4.88. The summed E-state index contributed by atoms with van der Waals surface area (Å²) in [6, 6.07) is 13.2. The molecule has 0 amide bonds. The van der Waals surface area contributed by atoms with Crippen molar-refractivity contribution in [1.82, 2.24) is 10.2 Å². The lowest BCUT2D eigenvalue weighted by atomic mass is 10.1. The van der Waals surface area contributed by atoms with E-state index in [9.17, 15) is 17.7 Å². The number of rotatable bonds is 13. The van der Waals surface area contributed by atoms with E-state index in [4.69, 9.17) is 25.0 Å². The molecule has 1 unspecified atom stereocenters. The third kappa shape index (κ3) is 9.15. The maximum absolute atomic E-state index is 13.7. The van der Waals surface area contributed by atoms with Gasteiger partial charge in [0.05, 0.1) is 30.9 Å². The van der Waals surface area contributed by atoms with Crippen LogP contribution in [0.2, 0.25) is 0 Å². The normalized spacial score (nSPS) is 13.9. The van der Waals surface area contributed by atoms with Crippen molar-refractivity contribution in [2.45, 2.75) is 38.1 Å². The number of halogens is 3. The van der Waals surface area contributed by atoms with Crippen LogP contribution >= 0.6 is 19.2 Å². The number of phosphoric ester groups is 1. The molecular formula is C23H27F3N3O6PS. The van der Waals surface area contributed by atoms with Crippen LogP contribution in [0.3, 0.4) is 0 Å². The number of unbranched alkanes of at least 4 members (excludes halogenated alkanes) is 1. The maximum atomic E-state index is 13.7. The number of nitrogens with two attached hydrogens (primary N) is 1. The fraction of sp³-hybridized carbons (Fsp3) is 0.391. The summed E-state index contributed by atoms with van der Waals surface area (Å²) in [4.78, 5) is 17.8. The average molecular weight is 562 g/mol. The Kier molecular flexibility index (Phi) is 9.81. The summed E-state index contributed by atoms with van der Waals surface area (Å²) in [5.74, 6) is -0.301. The summed E-state index contributed by atoms with van der Waals surface area (Å²) in [7, 11) is -4.76. The van der Waals surface area contributed by atoms with Gasteiger partial charge in [0.2, 0.25) is 0 Å². The van der Waals surface area contributed by atoms with Gasteiger partial charge in [-0.1, -0.05) is 41.7 Å². The number of hydrogen-bond acceptors (Lipinski definition) is 8. The molecule has 2 aromatic carbocycles. The Labute approximate surface area is 215 Å². The van der Waals surface area contributed by atoms with E-state index in [1.807, 2.05) is 30.3 Å². The largest absolute Gasteiger partial charge is 0.493 e. The molecule has 1 atom stereocenters. The zero-order chi connectivity index (χ0) is 27.1. The highest BCUT2D eigenvalue weighted by Gasteiger charge is 2.35. The molecule has 9 nitrogen and oxygen atoms in total. The van der Waals surface area contributed by atoms with Gasteiger partial charge in [-0.25, -0.2) is 4.57 Å². The fourth-order valence-corrected chi connectivity index (χ4v) is 4.43. The molecule has 0 saturated heterocycles. The van der Waals surface area contributed by atoms with E-state index in [0.717, 1.165) is 23.0 Å². The first-order chi connectivity index (χ1) is 17.4. The first-order valence-corrected chi connectivity index (χ1v) is 13.5. The Bertz CT molecular complexity index is 1200. The minimum absolute atomic E-state index is 0.0885. The van der Waals surface area contributed by atoms with Crippen molar-refractivity contribution in [3.8, 4) is 16.3 Å². The molecule has 4 N–H and O–H groups in total. The smallest absolute Gasteiger partial charge is 0.469 e. The molecule has 0 aliphatic carbocycles. The zero-order valence-electron chi connectivity index (χ0n) is 19.8. The second-order valence-electron chi connectivity index (χ2n) is 8.40. The Morgan fingerprint density at radius 1 is 1.05 bits per heavy atom. The van der Waals surface area contributed by atoms with Crippen LogP contribution in [-0.4, -0.2) is 39.8 Å². The Hall–Kier alpha value is -2.38. The molecule has 0 aliphatic rings. The lowest BCUT2D eigenvalue weighted by Crippen LogP contribution is -2.37. The maximum Gasteiger partial charge on any atom is 0.469 e. The molecule has 0 bridgehead atoms. The summed E-state index contributed by atoms with van der Waals surface area (Å²) in [6.07, 6.45) is -3.53. The van der Waals surface area contributed by atoms with Gasteiger partial charge in [0.25, 0.3) is 0 Å². The minimum Gasteiger partial charge on any atom is -0.493 e. The number of hydrogen-bond donors (Lipinski definition) is 3. The predicted molar refractivity (Wildman–Crippen MR) is 131 cm³/mol. The number of nitrogens with zero attached hydrogens (tertiary/aromatic N) is 2. The molecule has 1 aromatic heterocycles. The van der Waals surface area contributed by atoms with Crippen molar-refractivity contribution in [3.05, 3.63) is 64.7 Å². The van der Waals surface area contributed by atoms with Crippen LogP contribution in [-0.2, 0) is 32.1 Å². The van der Waals surface area contributed by atoms with Crippen molar-refractivity contribution in [2.24, 2.45) is 5.73 Å². The van der Waals surface area contributed by atoms with Crippen LogP contribution in [0, 0.1) is 0 Å². The molecule has 0 saturated carbocycles. The summed E-state index contributed by atoms with van der Waals surface area (Å²) in [6.45, 7) is 1.86. The number of benzene rings is 2. The van der Waals surface area contributed by atoms with Crippen LogP contribution < -0.4 is 10.5 Å². The molecular weight excluding hydrogens is 534 g/mol. The van der Waals surface area contributed by atoms with Gasteiger partial charge >= 0.3 is 14.0 Å². The Morgan fingerprint density at radius 3 is 2.43 bits per heavy atom. The molecule has 0 spiro atoms. The van der Waals surface area contributed by atoms with Gasteiger partial charge < -0.3 is 25.0 Å². The monoisotopic (exact) mass is 561 g/mol. The summed E-state index contributed by atoms with van der Waals surface area (Å²) in [5.41, 5.74) is 4.83. The highest BCUT2D eigenvalue weighted by Crippen LogP contribution is 2.41. The van der Waals surface area contributed by atoms with Gasteiger partial charge in [0.15, 0.2) is 0 Å². The van der Waals surface area contributed by atoms with Crippen LogP contribution in [0.4, 0.5) is 13.2 Å². The SMILES string of the molecule is CC(N)(COP(=O)(O)O)c1nnc(-c2ccc(OCCCCOCc3ccccc3)c(C(F)(F)F)c2)s1. The van der Waals surface area contributed by atoms with E-state index in [0.29, 0.717) is 26.1 Å². The third-order valence-electron chi connectivity index (χ3n) is 5.03. The van der Waals surface area contributed by atoms with Gasteiger partial charge in [-0.3, -0.25) is 4.52 Å². The van der Waals surface area contributed by atoms with Crippen LogP contribution in [0.25, 0.3) is 10.6 Å². The van der Waals surface area contributed by atoms with Gasteiger partial charge in [-0.2, -0.15) is 13.2 Å². The van der Waals surface area contributed by atoms with E-state index in [-0.39, 0.29) is 27.9 Å². The van der Waals surface area contributed by atoms with Crippen LogP contribution in [0.1, 0.15) is 35.9 Å². The number of aromatic nitrogens is 2. The highest BCUT2D eigenvalue weighted by atomic mass is 32.1. The Balaban J connectivity index is 1.59. The van der Waals surface area contributed by atoms with E-state index < -0.39 is 31.7 Å². The van der Waals surface area contributed by atoms with Crippen molar-refractivity contribution in [1.29, 1.82) is 0 Å². The van der Waals surface area contributed by atoms with Gasteiger partial charge in [-0.15, -0.1) is 10.2 Å². The van der Waals surface area contributed by atoms with Crippen molar-refractivity contribution < 1.29 is 41.5 Å². The van der Waals surface area contributed by atoms with Crippen LogP contribution in [0.15, 0.2) is 48.5 Å². The molecule has 37 heavy (non-hydrogen) atoms. The first kappa shape index (κ1) is 29.2. The second kappa shape index (κ2) is 12.4. The van der Waals surface area contributed by atoms with E-state index in [1.165, 1.54) is 19.1 Å². The number of alkyl halides is 3. The van der Waals surface area contributed by atoms with Crippen LogP contribution in [0.5, 0.6) is 5.75 Å². The second-order valence-corrected chi connectivity index (χ2v) is 10.6. The van der Waals surface area contributed by atoms with Gasteiger partial charge in [-0.05, 0) is 43.5 Å². The van der Waals surface area contributed by atoms with Crippen molar-refractivity contribution in [3.63, 3.8) is 0 Å². The highest BCUT2D eigenvalue weighted by molar-refractivity contribution is 7.46. The van der Waals surface area contributed by atoms with E-state index in [1.54, 1.807) is 0 Å². The lowest BCUT2D eigenvalue weighted by molar-refractivity contribution is -0.138. The average Bonchev–Trinajstić information content (AvgIpc) is 3.33. The molecule has 14 heteroatoms. The molecule has 1 heterocycles. The van der Waals surface area contributed by atoms with Gasteiger partial charge in [0.1, 0.15) is 15.8 Å². The molecule has 0 radical (unpaired) electrons. The van der Waals surface area contributed by atoms with Gasteiger partial charge in [0, 0.05) is 12.2 Å². The lowest BCUT2D eigenvalue weighted by Gasteiger charge is -2.21. The fourth-order valence-electron chi connectivity index (χ4n) is 3.11. The molecule has 0 aliphatic heterocycles. The first-order valence-electron chi connectivity index (χ1n) is 11.1. The Morgan fingerprint density at radius 2 is 1.76 bits per heavy atom. The third-order valence-corrected chi connectivity index (χ3v) is 6.75. The topological polar surface area (TPSA) is 137 Å². The summed E-state index contributed by atoms with van der Waals surface area (Å²) < 4.78 is 67.6. The standard InChI is InChI=1S/C23H27F3N3O6PS/c1-22(27,15-35-36(30,31)32)21-29-28-20(37-21)17-9-10-19(18(13-17)23(24,25)26)34-12-6-5-11-33-14-16-7-3-2-4-8-16/h2-4,7-10,13H,5-6,11-12,14-15,27H2,1H3,(H2,30,31,32). The van der Waals surface area contributed by atoms with Crippen molar-refractivity contribution in [2.75, 3.05) is 19.8 Å². The summed E-state index contributed by atoms with van der Waals surface area (Å²) >= 11 is 0.894. The van der Waals surface area contributed by atoms with Crippen molar-refractivity contribution >= 4 is 19.2 Å². The zero-order valence-corrected chi connectivity index (χ0v) is 21.6. The number of ether oxygens (including phenoxy) is 2. The van der Waals surface area contributed by atoms with E-state index in [2.05, 4.69) is 14.7 Å². The molecule has 202 valence electrons. The minimum atomic E-state index is -4.76. The molecule has 3 aromatic rings. The number of phosphoric acid groups is 1.